The lowest BCUT2D eigenvalue weighted by Gasteiger charge is -2.15. The maximum absolute atomic E-state index is 11.4. The number of aliphatic carboxylic acids is 1. The predicted octanol–water partition coefficient (Wildman–Crippen LogP) is 1.16. The molecular weight excluding hydrogens is 298 g/mol. The third-order valence-electron chi connectivity index (χ3n) is 3.64. The Morgan fingerprint density at radius 2 is 1.52 bits per heavy atom. The standard InChI is InChI=1S/C16H31N3O4/c1-2-3-4-5-6-7-8-9-10-13(16(17)23)18-11-14(20)19-12-15(21)22/h13,18H,2-12H2,1H3,(H2,17,23)(H,19,20)(H,21,22). The summed E-state index contributed by atoms with van der Waals surface area (Å²) in [5.41, 5.74) is 5.31. The van der Waals surface area contributed by atoms with E-state index in [-0.39, 0.29) is 6.54 Å². The van der Waals surface area contributed by atoms with Gasteiger partial charge in [0.15, 0.2) is 0 Å². The minimum atomic E-state index is -1.11. The lowest BCUT2D eigenvalue weighted by molar-refractivity contribution is -0.137. The van der Waals surface area contributed by atoms with Gasteiger partial charge in [0, 0.05) is 0 Å². The number of carbonyl (C=O) groups excluding carboxylic acids is 2. The molecule has 134 valence electrons. The molecule has 1 unspecified atom stereocenters. The van der Waals surface area contributed by atoms with Gasteiger partial charge in [-0.2, -0.15) is 0 Å². The molecule has 0 radical (unpaired) electrons. The van der Waals surface area contributed by atoms with E-state index in [9.17, 15) is 14.4 Å². The van der Waals surface area contributed by atoms with Crippen molar-refractivity contribution in [2.75, 3.05) is 13.1 Å². The highest BCUT2D eigenvalue weighted by Gasteiger charge is 2.15. The van der Waals surface area contributed by atoms with Gasteiger partial charge < -0.3 is 16.2 Å². The molecule has 0 aromatic heterocycles. The van der Waals surface area contributed by atoms with Crippen LogP contribution in [0.5, 0.6) is 0 Å². The zero-order chi connectivity index (χ0) is 17.5. The van der Waals surface area contributed by atoms with Crippen molar-refractivity contribution in [3.05, 3.63) is 0 Å². The molecule has 2 amide bonds. The van der Waals surface area contributed by atoms with Crippen molar-refractivity contribution in [2.45, 2.75) is 70.8 Å². The first-order chi connectivity index (χ1) is 11.0. The number of rotatable bonds is 15. The number of primary amides is 1. The molecule has 7 heteroatoms. The summed E-state index contributed by atoms with van der Waals surface area (Å²) in [4.78, 5) is 33.1. The molecule has 0 aliphatic carbocycles. The number of hydrogen-bond donors (Lipinski definition) is 4. The number of carboxylic acids is 1. The quantitative estimate of drug-likeness (QED) is 0.336. The lowest BCUT2D eigenvalue weighted by Crippen LogP contribution is -2.46. The summed E-state index contributed by atoms with van der Waals surface area (Å²) < 4.78 is 0. The highest BCUT2D eigenvalue weighted by molar-refractivity contribution is 5.84. The van der Waals surface area contributed by atoms with Crippen LogP contribution in [0.1, 0.15) is 64.7 Å². The molecule has 0 aromatic carbocycles. The number of carbonyl (C=O) groups is 3. The van der Waals surface area contributed by atoms with E-state index in [0.717, 1.165) is 19.3 Å². The lowest BCUT2D eigenvalue weighted by atomic mass is 10.0. The average Bonchev–Trinajstić information content (AvgIpc) is 2.50. The molecule has 23 heavy (non-hydrogen) atoms. The minimum absolute atomic E-state index is 0.113. The highest BCUT2D eigenvalue weighted by atomic mass is 16.4. The van der Waals surface area contributed by atoms with Crippen LogP contribution in [-0.2, 0) is 14.4 Å². The van der Waals surface area contributed by atoms with Gasteiger partial charge in [-0.3, -0.25) is 19.7 Å². The molecule has 1 atom stereocenters. The summed E-state index contributed by atoms with van der Waals surface area (Å²) in [6.07, 6.45) is 9.96. The second-order valence-corrected chi connectivity index (χ2v) is 5.77. The minimum Gasteiger partial charge on any atom is -0.480 e. The van der Waals surface area contributed by atoms with Crippen molar-refractivity contribution in [1.82, 2.24) is 10.6 Å². The van der Waals surface area contributed by atoms with Gasteiger partial charge in [0.25, 0.3) is 0 Å². The van der Waals surface area contributed by atoms with Crippen molar-refractivity contribution >= 4 is 17.8 Å². The van der Waals surface area contributed by atoms with Crippen LogP contribution in [0.4, 0.5) is 0 Å². The number of amides is 2. The van der Waals surface area contributed by atoms with E-state index in [2.05, 4.69) is 17.6 Å². The van der Waals surface area contributed by atoms with Crippen molar-refractivity contribution < 1.29 is 19.5 Å². The van der Waals surface area contributed by atoms with Gasteiger partial charge in [-0.15, -0.1) is 0 Å². The van der Waals surface area contributed by atoms with Crippen LogP contribution in [0.2, 0.25) is 0 Å². The van der Waals surface area contributed by atoms with E-state index in [1.165, 1.54) is 32.1 Å². The topological polar surface area (TPSA) is 122 Å². The SMILES string of the molecule is CCCCCCCCCCC(NCC(=O)NCC(=O)O)C(N)=O. The molecule has 7 nitrogen and oxygen atoms in total. The van der Waals surface area contributed by atoms with Gasteiger partial charge in [0.1, 0.15) is 6.54 Å². The maximum atomic E-state index is 11.4. The van der Waals surface area contributed by atoms with Crippen molar-refractivity contribution in [1.29, 1.82) is 0 Å². The number of nitrogens with one attached hydrogen (secondary N) is 2. The first kappa shape index (κ1) is 21.4. The molecule has 0 aliphatic heterocycles. The van der Waals surface area contributed by atoms with Gasteiger partial charge in [0.2, 0.25) is 11.8 Å². The summed E-state index contributed by atoms with van der Waals surface area (Å²) in [5.74, 6) is -2.06. The molecule has 0 aromatic rings. The highest BCUT2D eigenvalue weighted by Crippen LogP contribution is 2.10. The smallest absolute Gasteiger partial charge is 0.322 e. The maximum Gasteiger partial charge on any atom is 0.322 e. The molecular formula is C16H31N3O4. The molecule has 0 rings (SSSR count). The van der Waals surface area contributed by atoms with Gasteiger partial charge in [-0.05, 0) is 6.42 Å². The van der Waals surface area contributed by atoms with E-state index in [1.54, 1.807) is 0 Å². The Labute approximate surface area is 138 Å². The molecule has 0 bridgehead atoms. The van der Waals surface area contributed by atoms with Crippen LogP contribution < -0.4 is 16.4 Å². The molecule has 0 heterocycles. The summed E-state index contributed by atoms with van der Waals surface area (Å²) >= 11 is 0. The molecule has 0 aliphatic rings. The zero-order valence-electron chi connectivity index (χ0n) is 14.1. The van der Waals surface area contributed by atoms with E-state index in [0.29, 0.717) is 6.42 Å². The fourth-order valence-electron chi connectivity index (χ4n) is 2.28. The van der Waals surface area contributed by atoms with Crippen LogP contribution in [0.3, 0.4) is 0 Å². The average molecular weight is 329 g/mol. The Bertz CT molecular complexity index is 361. The van der Waals surface area contributed by atoms with Gasteiger partial charge in [-0.25, -0.2) is 0 Å². The first-order valence-electron chi connectivity index (χ1n) is 8.48. The third kappa shape index (κ3) is 13.7. The van der Waals surface area contributed by atoms with Crippen molar-refractivity contribution in [3.8, 4) is 0 Å². The van der Waals surface area contributed by atoms with E-state index < -0.39 is 30.4 Å². The van der Waals surface area contributed by atoms with Crippen LogP contribution in [0.25, 0.3) is 0 Å². The van der Waals surface area contributed by atoms with Crippen LogP contribution in [0, 0.1) is 0 Å². The largest absolute Gasteiger partial charge is 0.480 e. The van der Waals surface area contributed by atoms with Gasteiger partial charge in [0.05, 0.1) is 12.6 Å². The zero-order valence-corrected chi connectivity index (χ0v) is 14.1. The Morgan fingerprint density at radius 1 is 0.957 bits per heavy atom. The molecule has 0 spiro atoms. The Kier molecular flexibility index (Phi) is 13.0. The Hall–Kier alpha value is -1.63. The van der Waals surface area contributed by atoms with Crippen LogP contribution >= 0.6 is 0 Å². The summed E-state index contributed by atoms with van der Waals surface area (Å²) in [6.45, 7) is 1.65. The Balaban J connectivity index is 3.76. The van der Waals surface area contributed by atoms with Crippen LogP contribution in [-0.4, -0.2) is 42.0 Å². The normalized spacial score (nSPS) is 11.9. The second-order valence-electron chi connectivity index (χ2n) is 5.77. The molecule has 5 N–H and O–H groups in total. The fraction of sp³-hybridized carbons (Fsp3) is 0.812. The number of hydrogen-bond acceptors (Lipinski definition) is 4. The number of unbranched alkanes of at least 4 members (excludes halogenated alkanes) is 7. The summed E-state index contributed by atoms with van der Waals surface area (Å²) in [7, 11) is 0. The van der Waals surface area contributed by atoms with Crippen molar-refractivity contribution in [2.24, 2.45) is 5.73 Å². The first-order valence-corrected chi connectivity index (χ1v) is 8.48. The third-order valence-corrected chi connectivity index (χ3v) is 3.64. The molecule has 0 fully saturated rings. The van der Waals surface area contributed by atoms with Crippen molar-refractivity contribution in [3.63, 3.8) is 0 Å². The number of carboxylic acid groups (broad SMARTS) is 1. The summed E-state index contributed by atoms with van der Waals surface area (Å²) in [5, 5.41) is 13.5. The van der Waals surface area contributed by atoms with E-state index >= 15 is 0 Å². The molecule has 0 saturated heterocycles. The number of nitrogens with two attached hydrogens (primary N) is 1. The predicted molar refractivity (Wildman–Crippen MR) is 88.9 cm³/mol. The second kappa shape index (κ2) is 14.0. The van der Waals surface area contributed by atoms with E-state index in [1.807, 2.05) is 0 Å². The fourth-order valence-corrected chi connectivity index (χ4v) is 2.28. The summed E-state index contributed by atoms with van der Waals surface area (Å²) in [6, 6.07) is -0.550. The Morgan fingerprint density at radius 3 is 2.04 bits per heavy atom. The molecule has 0 saturated carbocycles. The van der Waals surface area contributed by atoms with E-state index in [4.69, 9.17) is 10.8 Å². The van der Waals surface area contributed by atoms with Crippen LogP contribution in [0.15, 0.2) is 0 Å². The monoisotopic (exact) mass is 329 g/mol. The van der Waals surface area contributed by atoms with Gasteiger partial charge in [-0.1, -0.05) is 58.3 Å². The van der Waals surface area contributed by atoms with Gasteiger partial charge >= 0.3 is 5.97 Å².